The van der Waals surface area contributed by atoms with Crippen molar-refractivity contribution in [2.75, 3.05) is 26.2 Å². The summed E-state index contributed by atoms with van der Waals surface area (Å²) in [5.41, 5.74) is 0.574. The molecule has 0 aromatic carbocycles. The van der Waals surface area contributed by atoms with Gasteiger partial charge in [-0.15, -0.1) is 0 Å². The van der Waals surface area contributed by atoms with E-state index in [1.165, 1.54) is 0 Å². The number of likely N-dealkylation sites (tertiary alicyclic amines) is 1. The summed E-state index contributed by atoms with van der Waals surface area (Å²) in [7, 11) is 0. The van der Waals surface area contributed by atoms with Crippen LogP contribution < -0.4 is 0 Å². The van der Waals surface area contributed by atoms with Gasteiger partial charge < -0.3 is 14.5 Å². The van der Waals surface area contributed by atoms with Gasteiger partial charge in [0.1, 0.15) is 5.60 Å². The molecule has 2 saturated heterocycles. The Hall–Kier alpha value is -2.11. The molecule has 1 aromatic rings. The summed E-state index contributed by atoms with van der Waals surface area (Å²) < 4.78 is 5.78. The molecule has 0 unspecified atom stereocenters. The van der Waals surface area contributed by atoms with E-state index in [4.69, 9.17) is 4.74 Å². The number of pyridine rings is 1. The molecule has 0 aliphatic carbocycles. The van der Waals surface area contributed by atoms with Crippen LogP contribution in [0.1, 0.15) is 45.1 Å². The number of piperidine rings is 1. The van der Waals surface area contributed by atoms with E-state index >= 15 is 0 Å². The molecule has 0 bridgehead atoms. The predicted molar refractivity (Wildman–Crippen MR) is 98.6 cm³/mol. The summed E-state index contributed by atoms with van der Waals surface area (Å²) in [6.07, 6.45) is 7.22. The van der Waals surface area contributed by atoms with E-state index in [0.29, 0.717) is 32.0 Å². The molecule has 26 heavy (non-hydrogen) atoms. The summed E-state index contributed by atoms with van der Waals surface area (Å²) >= 11 is 0. The lowest BCUT2D eigenvalue weighted by Crippen LogP contribution is -2.49. The Bertz CT molecular complexity index is 622. The number of amides is 2. The van der Waals surface area contributed by atoms with E-state index in [1.54, 1.807) is 12.4 Å². The van der Waals surface area contributed by atoms with E-state index in [1.807, 2.05) is 21.9 Å². The van der Waals surface area contributed by atoms with Gasteiger partial charge >= 0.3 is 6.09 Å². The molecule has 0 radical (unpaired) electrons. The van der Waals surface area contributed by atoms with Crippen molar-refractivity contribution >= 4 is 12.0 Å². The van der Waals surface area contributed by atoms with Crippen LogP contribution in [-0.4, -0.2) is 58.6 Å². The maximum absolute atomic E-state index is 12.5. The van der Waals surface area contributed by atoms with Crippen molar-refractivity contribution in [3.05, 3.63) is 30.1 Å². The number of hydrogen-bond acceptors (Lipinski definition) is 4. The molecule has 1 aromatic heterocycles. The normalized spacial score (nSPS) is 19.3. The highest BCUT2D eigenvalue weighted by Crippen LogP contribution is 2.34. The van der Waals surface area contributed by atoms with Crippen molar-refractivity contribution in [2.24, 2.45) is 5.92 Å². The number of ether oxygens (including phenoxy) is 1. The summed E-state index contributed by atoms with van der Waals surface area (Å²) in [5.74, 6) is 0.656. The smallest absolute Gasteiger partial charge is 0.410 e. The first-order chi connectivity index (χ1) is 12.5. The van der Waals surface area contributed by atoms with Gasteiger partial charge in [0.05, 0.1) is 13.0 Å². The Balaban J connectivity index is 1.53. The number of rotatable bonds is 6. The number of aromatic nitrogens is 1. The topological polar surface area (TPSA) is 62.7 Å². The molecule has 3 heterocycles. The number of carbonyl (C=O) groups excluding carboxylic acids is 2. The maximum atomic E-state index is 12.5. The van der Waals surface area contributed by atoms with Gasteiger partial charge in [0.2, 0.25) is 5.91 Å². The average molecular weight is 359 g/mol. The molecule has 142 valence electrons. The van der Waals surface area contributed by atoms with Crippen LogP contribution in [0.2, 0.25) is 0 Å². The van der Waals surface area contributed by atoms with E-state index < -0.39 is 5.60 Å². The van der Waals surface area contributed by atoms with Gasteiger partial charge in [-0.25, -0.2) is 4.79 Å². The Morgan fingerprint density at radius 2 is 1.88 bits per heavy atom. The van der Waals surface area contributed by atoms with Crippen molar-refractivity contribution < 1.29 is 14.3 Å². The van der Waals surface area contributed by atoms with Crippen LogP contribution in [0, 0.1) is 5.92 Å². The SMILES string of the molecule is CCC(CC)CN1CC2(CCN(C(=O)Cc3ccncc3)CC2)OC1=O. The number of nitrogens with zero attached hydrogens (tertiary/aromatic N) is 3. The molecule has 6 heteroatoms. The van der Waals surface area contributed by atoms with Crippen LogP contribution in [0.15, 0.2) is 24.5 Å². The largest absolute Gasteiger partial charge is 0.441 e. The minimum Gasteiger partial charge on any atom is -0.441 e. The highest BCUT2D eigenvalue weighted by atomic mass is 16.6. The maximum Gasteiger partial charge on any atom is 0.410 e. The van der Waals surface area contributed by atoms with E-state index in [0.717, 1.165) is 37.8 Å². The van der Waals surface area contributed by atoms with Crippen molar-refractivity contribution in [1.82, 2.24) is 14.8 Å². The highest BCUT2D eigenvalue weighted by Gasteiger charge is 2.47. The second-order valence-electron chi connectivity index (χ2n) is 7.53. The third-order valence-electron chi connectivity index (χ3n) is 5.81. The second-order valence-corrected chi connectivity index (χ2v) is 7.53. The number of hydrogen-bond donors (Lipinski definition) is 0. The Labute approximate surface area is 155 Å². The fourth-order valence-corrected chi connectivity index (χ4v) is 3.90. The molecule has 0 N–H and O–H groups in total. The van der Waals surface area contributed by atoms with Crippen molar-refractivity contribution in [2.45, 2.75) is 51.6 Å². The second kappa shape index (κ2) is 8.06. The fraction of sp³-hybridized carbons (Fsp3) is 0.650. The van der Waals surface area contributed by atoms with Crippen LogP contribution in [0.3, 0.4) is 0 Å². The van der Waals surface area contributed by atoms with Gasteiger partial charge in [-0.3, -0.25) is 9.78 Å². The van der Waals surface area contributed by atoms with Crippen LogP contribution >= 0.6 is 0 Å². The van der Waals surface area contributed by atoms with Gasteiger partial charge in [0.15, 0.2) is 0 Å². The van der Waals surface area contributed by atoms with Gasteiger partial charge in [-0.1, -0.05) is 26.7 Å². The predicted octanol–water partition coefficient (Wildman–Crippen LogP) is 2.87. The fourth-order valence-electron chi connectivity index (χ4n) is 3.90. The summed E-state index contributed by atoms with van der Waals surface area (Å²) in [6.45, 7) is 7.06. The Morgan fingerprint density at radius 1 is 1.23 bits per heavy atom. The first kappa shape index (κ1) is 18.7. The molecule has 6 nitrogen and oxygen atoms in total. The molecule has 0 saturated carbocycles. The Morgan fingerprint density at radius 3 is 2.50 bits per heavy atom. The van der Waals surface area contributed by atoms with E-state index in [-0.39, 0.29) is 12.0 Å². The summed E-state index contributed by atoms with van der Waals surface area (Å²) in [4.78, 5) is 32.5. The van der Waals surface area contributed by atoms with Gasteiger partial charge in [0, 0.05) is 44.9 Å². The number of carbonyl (C=O) groups is 2. The highest BCUT2D eigenvalue weighted by molar-refractivity contribution is 5.79. The molecular weight excluding hydrogens is 330 g/mol. The van der Waals surface area contributed by atoms with Gasteiger partial charge in [-0.05, 0) is 23.6 Å². The van der Waals surface area contributed by atoms with Crippen molar-refractivity contribution in [3.8, 4) is 0 Å². The molecule has 1 spiro atoms. The van der Waals surface area contributed by atoms with Crippen molar-refractivity contribution in [3.63, 3.8) is 0 Å². The molecule has 0 atom stereocenters. The molecular formula is C20H29N3O3. The minimum absolute atomic E-state index is 0.129. The first-order valence-corrected chi connectivity index (χ1v) is 9.70. The van der Waals surface area contributed by atoms with Crippen molar-refractivity contribution in [1.29, 1.82) is 0 Å². The standard InChI is InChI=1S/C20H29N3O3/c1-3-16(4-2)14-23-15-20(26-19(23)25)7-11-22(12-8-20)18(24)13-17-5-9-21-10-6-17/h5-6,9-10,16H,3-4,7-8,11-15H2,1-2H3. The Kier molecular flexibility index (Phi) is 5.79. The molecule has 2 fully saturated rings. The molecule has 3 rings (SSSR count). The lowest BCUT2D eigenvalue weighted by molar-refractivity contribution is -0.133. The summed E-state index contributed by atoms with van der Waals surface area (Å²) in [5, 5.41) is 0. The molecule has 2 aliphatic heterocycles. The lowest BCUT2D eigenvalue weighted by Gasteiger charge is -2.37. The molecule has 2 amide bonds. The monoisotopic (exact) mass is 359 g/mol. The summed E-state index contributed by atoms with van der Waals surface area (Å²) in [6, 6.07) is 3.75. The zero-order chi connectivity index (χ0) is 18.6. The average Bonchev–Trinajstić information content (AvgIpc) is 2.95. The van der Waals surface area contributed by atoms with Crippen LogP contribution in [-0.2, 0) is 16.0 Å². The zero-order valence-corrected chi connectivity index (χ0v) is 15.8. The quantitative estimate of drug-likeness (QED) is 0.783. The third-order valence-corrected chi connectivity index (χ3v) is 5.81. The van der Waals surface area contributed by atoms with Gasteiger partial charge in [-0.2, -0.15) is 0 Å². The zero-order valence-electron chi connectivity index (χ0n) is 15.8. The van der Waals surface area contributed by atoms with Gasteiger partial charge in [0.25, 0.3) is 0 Å². The molecule has 2 aliphatic rings. The van der Waals surface area contributed by atoms with E-state index in [9.17, 15) is 9.59 Å². The first-order valence-electron chi connectivity index (χ1n) is 9.70. The lowest BCUT2D eigenvalue weighted by atomic mass is 9.90. The third kappa shape index (κ3) is 4.17. The van der Waals surface area contributed by atoms with Crippen LogP contribution in [0.5, 0.6) is 0 Å². The van der Waals surface area contributed by atoms with Crippen LogP contribution in [0.4, 0.5) is 4.79 Å². The van der Waals surface area contributed by atoms with E-state index in [2.05, 4.69) is 18.8 Å². The van der Waals surface area contributed by atoms with Crippen LogP contribution in [0.25, 0.3) is 0 Å². The minimum atomic E-state index is -0.406.